The van der Waals surface area contributed by atoms with E-state index in [1.807, 2.05) is 0 Å². The molecule has 1 aliphatic carbocycles. The summed E-state index contributed by atoms with van der Waals surface area (Å²) >= 11 is 0. The molecule has 0 aliphatic heterocycles. The van der Waals surface area contributed by atoms with Crippen molar-refractivity contribution < 1.29 is 9.18 Å². The molecule has 31 heavy (non-hydrogen) atoms. The minimum absolute atomic E-state index is 0.0116. The van der Waals surface area contributed by atoms with Gasteiger partial charge in [-0.1, -0.05) is 0 Å². The number of nitrogens with one attached hydrogen (secondary N) is 1. The Morgan fingerprint density at radius 1 is 1.32 bits per heavy atom. The fourth-order valence-electron chi connectivity index (χ4n) is 4.15. The lowest BCUT2D eigenvalue weighted by Gasteiger charge is -2.25. The van der Waals surface area contributed by atoms with E-state index in [0.29, 0.717) is 29.6 Å². The number of nitriles is 1. The van der Waals surface area contributed by atoms with Gasteiger partial charge in [0.25, 0.3) is 5.91 Å². The molecule has 160 valence electrons. The minimum Gasteiger partial charge on any atom is -0.366 e. The van der Waals surface area contributed by atoms with Crippen LogP contribution in [0.5, 0.6) is 0 Å². The summed E-state index contributed by atoms with van der Waals surface area (Å²) in [6, 6.07) is 5.12. The Hall–Kier alpha value is -3.74. The summed E-state index contributed by atoms with van der Waals surface area (Å²) in [4.78, 5) is 33.1. The van der Waals surface area contributed by atoms with Crippen LogP contribution in [0.15, 0.2) is 23.1 Å². The lowest BCUT2D eigenvalue weighted by Crippen LogP contribution is -2.28. The number of hydrogen-bond donors (Lipinski definition) is 2. The smallest absolute Gasteiger partial charge is 0.330 e. The van der Waals surface area contributed by atoms with Crippen molar-refractivity contribution in [1.82, 2.24) is 19.1 Å². The second-order valence-electron chi connectivity index (χ2n) is 7.91. The number of anilines is 2. The zero-order chi connectivity index (χ0) is 22.3. The molecule has 3 aromatic rings. The number of carbonyl (C=O) groups excluding carboxylic acids is 1. The van der Waals surface area contributed by atoms with E-state index in [9.17, 15) is 14.0 Å². The SMILES string of the molecule is Cc1cc(Nc2ncc3c(n2)n(C2CCC(C#N)CC2)c(=O)n3C)c(F)c(C(N)=O)c1. The number of benzene rings is 1. The lowest BCUT2D eigenvalue weighted by atomic mass is 9.87. The topological polar surface area (TPSA) is 132 Å². The molecule has 1 aliphatic rings. The first-order chi connectivity index (χ1) is 14.8. The van der Waals surface area contributed by atoms with Gasteiger partial charge in [0.05, 0.1) is 23.5 Å². The summed E-state index contributed by atoms with van der Waals surface area (Å²) in [6.45, 7) is 1.72. The molecule has 0 radical (unpaired) electrons. The molecular weight excluding hydrogens is 401 g/mol. The number of nitrogens with two attached hydrogens (primary N) is 1. The zero-order valence-electron chi connectivity index (χ0n) is 17.2. The maximum absolute atomic E-state index is 14.7. The van der Waals surface area contributed by atoms with Gasteiger partial charge in [-0.05, 0) is 50.3 Å². The molecular formula is C21H22FN7O2. The maximum Gasteiger partial charge on any atom is 0.330 e. The molecule has 1 fully saturated rings. The summed E-state index contributed by atoms with van der Waals surface area (Å²) < 4.78 is 17.8. The summed E-state index contributed by atoms with van der Waals surface area (Å²) in [6.07, 6.45) is 4.37. The molecule has 2 aromatic heterocycles. The Labute approximate surface area is 177 Å². The lowest BCUT2D eigenvalue weighted by molar-refractivity contribution is 0.0996. The number of amides is 1. The highest BCUT2D eigenvalue weighted by Gasteiger charge is 2.27. The molecule has 0 unspecified atom stereocenters. The Morgan fingerprint density at radius 3 is 2.68 bits per heavy atom. The molecule has 1 aromatic carbocycles. The Bertz CT molecular complexity index is 1280. The molecule has 0 saturated heterocycles. The number of primary amides is 1. The van der Waals surface area contributed by atoms with Crippen molar-refractivity contribution >= 4 is 28.7 Å². The standard InChI is InChI=1S/C21H22FN7O2/c1-11-7-14(18(24)30)17(22)15(8-11)26-20-25-10-16-19(27-20)29(21(31)28(16)2)13-5-3-12(9-23)4-6-13/h7-8,10,12-13H,3-6H2,1-2H3,(H2,24,30)(H,25,26,27). The van der Waals surface area contributed by atoms with Crippen molar-refractivity contribution in [3.05, 3.63) is 45.8 Å². The summed E-state index contributed by atoms with van der Waals surface area (Å²) in [5.41, 5.74) is 6.49. The van der Waals surface area contributed by atoms with Crippen LogP contribution in [0, 0.1) is 30.0 Å². The van der Waals surface area contributed by atoms with Gasteiger partial charge >= 0.3 is 5.69 Å². The Balaban J connectivity index is 1.75. The third-order valence-corrected chi connectivity index (χ3v) is 5.81. The van der Waals surface area contributed by atoms with Gasteiger partial charge in [-0.25, -0.2) is 14.2 Å². The predicted octanol–water partition coefficient (Wildman–Crippen LogP) is 2.67. The number of nitrogens with zero attached hydrogens (tertiary/aromatic N) is 5. The van der Waals surface area contributed by atoms with Gasteiger partial charge in [-0.3, -0.25) is 13.9 Å². The van der Waals surface area contributed by atoms with Crippen LogP contribution in [-0.4, -0.2) is 25.0 Å². The number of carbonyl (C=O) groups is 1. The molecule has 9 nitrogen and oxygen atoms in total. The quantitative estimate of drug-likeness (QED) is 0.663. The Morgan fingerprint density at radius 2 is 2.03 bits per heavy atom. The highest BCUT2D eigenvalue weighted by molar-refractivity contribution is 5.94. The van der Waals surface area contributed by atoms with Gasteiger partial charge in [0, 0.05) is 19.0 Å². The van der Waals surface area contributed by atoms with Crippen LogP contribution in [0.3, 0.4) is 0 Å². The number of fused-ring (bicyclic) bond motifs is 1. The first-order valence-electron chi connectivity index (χ1n) is 10.0. The molecule has 2 heterocycles. The number of imidazole rings is 1. The minimum atomic E-state index is -0.870. The van der Waals surface area contributed by atoms with E-state index in [-0.39, 0.29) is 34.8 Å². The normalized spacial score (nSPS) is 18.6. The van der Waals surface area contributed by atoms with E-state index in [1.54, 1.807) is 18.5 Å². The average molecular weight is 423 g/mol. The summed E-state index contributed by atoms with van der Waals surface area (Å²) in [5.74, 6) is -1.55. The van der Waals surface area contributed by atoms with Gasteiger partial charge in [0.2, 0.25) is 5.95 Å². The van der Waals surface area contributed by atoms with E-state index < -0.39 is 11.7 Å². The van der Waals surface area contributed by atoms with Crippen LogP contribution in [0.4, 0.5) is 16.0 Å². The second kappa shape index (κ2) is 7.83. The third-order valence-electron chi connectivity index (χ3n) is 5.81. The fourth-order valence-corrected chi connectivity index (χ4v) is 4.15. The van der Waals surface area contributed by atoms with Crippen LogP contribution in [0.1, 0.15) is 47.6 Å². The zero-order valence-corrected chi connectivity index (χ0v) is 17.2. The van der Waals surface area contributed by atoms with E-state index in [1.165, 1.54) is 22.9 Å². The summed E-state index contributed by atoms with van der Waals surface area (Å²) in [7, 11) is 1.65. The molecule has 1 amide bonds. The van der Waals surface area contributed by atoms with Crippen LogP contribution >= 0.6 is 0 Å². The third kappa shape index (κ3) is 3.63. The van der Waals surface area contributed by atoms with Gasteiger partial charge in [-0.2, -0.15) is 10.2 Å². The highest BCUT2D eigenvalue weighted by atomic mass is 19.1. The van der Waals surface area contributed by atoms with Gasteiger partial charge in [-0.15, -0.1) is 0 Å². The van der Waals surface area contributed by atoms with E-state index in [4.69, 9.17) is 11.0 Å². The van der Waals surface area contributed by atoms with Crippen molar-refractivity contribution in [1.29, 1.82) is 5.26 Å². The maximum atomic E-state index is 14.7. The number of hydrogen-bond acceptors (Lipinski definition) is 6. The van der Waals surface area contributed by atoms with Crippen molar-refractivity contribution in [2.75, 3.05) is 5.32 Å². The first-order valence-corrected chi connectivity index (χ1v) is 10.0. The van der Waals surface area contributed by atoms with Crippen molar-refractivity contribution in [3.63, 3.8) is 0 Å². The number of rotatable bonds is 4. The van der Waals surface area contributed by atoms with E-state index in [0.717, 1.165) is 12.8 Å². The first kappa shape index (κ1) is 20.5. The molecule has 0 atom stereocenters. The number of aryl methyl sites for hydroxylation is 2. The van der Waals surface area contributed by atoms with E-state index >= 15 is 0 Å². The molecule has 0 spiro atoms. The van der Waals surface area contributed by atoms with E-state index in [2.05, 4.69) is 21.4 Å². The Kier molecular flexibility index (Phi) is 5.19. The largest absolute Gasteiger partial charge is 0.366 e. The number of halogens is 1. The second-order valence-corrected chi connectivity index (χ2v) is 7.91. The van der Waals surface area contributed by atoms with Crippen molar-refractivity contribution in [2.24, 2.45) is 18.7 Å². The fraction of sp³-hybridized carbons (Fsp3) is 0.381. The average Bonchev–Trinajstić information content (AvgIpc) is 3.00. The van der Waals surface area contributed by atoms with Crippen LogP contribution in [0.25, 0.3) is 11.2 Å². The number of aromatic nitrogens is 4. The van der Waals surface area contributed by atoms with Gasteiger partial charge in [0.15, 0.2) is 11.5 Å². The molecule has 1 saturated carbocycles. The molecule has 10 heteroatoms. The highest BCUT2D eigenvalue weighted by Crippen LogP contribution is 2.33. The predicted molar refractivity (Wildman–Crippen MR) is 112 cm³/mol. The van der Waals surface area contributed by atoms with Gasteiger partial charge in [0.1, 0.15) is 5.52 Å². The van der Waals surface area contributed by atoms with Crippen molar-refractivity contribution in [3.8, 4) is 6.07 Å². The van der Waals surface area contributed by atoms with Crippen LogP contribution in [0.2, 0.25) is 0 Å². The molecule has 3 N–H and O–H groups in total. The monoisotopic (exact) mass is 423 g/mol. The van der Waals surface area contributed by atoms with Crippen LogP contribution in [-0.2, 0) is 7.05 Å². The van der Waals surface area contributed by atoms with Crippen molar-refractivity contribution in [2.45, 2.75) is 38.6 Å². The summed E-state index contributed by atoms with van der Waals surface area (Å²) in [5, 5.41) is 11.9. The van der Waals surface area contributed by atoms with Gasteiger partial charge < -0.3 is 11.1 Å². The molecule has 4 rings (SSSR count). The molecule has 0 bridgehead atoms. The van der Waals surface area contributed by atoms with Crippen LogP contribution < -0.4 is 16.7 Å².